The van der Waals surface area contributed by atoms with Crippen molar-refractivity contribution < 1.29 is 9.32 Å². The smallest absolute Gasteiger partial charge is 0.258 e. The Bertz CT molecular complexity index is 761. The van der Waals surface area contributed by atoms with Crippen LogP contribution in [0.3, 0.4) is 0 Å². The number of carbonyl (C=O) groups is 1. The average Bonchev–Trinajstić information content (AvgIpc) is 3.04. The van der Waals surface area contributed by atoms with Gasteiger partial charge in [0.25, 0.3) is 5.91 Å². The van der Waals surface area contributed by atoms with E-state index in [-0.39, 0.29) is 5.91 Å². The summed E-state index contributed by atoms with van der Waals surface area (Å²) >= 11 is 0. The molecule has 2 aromatic carbocycles. The molecule has 0 aliphatic heterocycles. The number of aryl methyl sites for hydroxylation is 1. The molecule has 1 amide bonds. The van der Waals surface area contributed by atoms with E-state index in [1.54, 1.807) is 18.2 Å². The van der Waals surface area contributed by atoms with Gasteiger partial charge in [0.05, 0.1) is 0 Å². The van der Waals surface area contributed by atoms with Crippen LogP contribution in [-0.4, -0.2) is 11.1 Å². The number of nitrogens with zero attached hydrogens (tertiary/aromatic N) is 1. The normalized spacial score (nSPS) is 10.4. The van der Waals surface area contributed by atoms with E-state index in [0.29, 0.717) is 17.1 Å². The van der Waals surface area contributed by atoms with Crippen molar-refractivity contribution in [3.63, 3.8) is 0 Å². The van der Waals surface area contributed by atoms with Crippen LogP contribution in [0.5, 0.6) is 0 Å². The lowest BCUT2D eigenvalue weighted by molar-refractivity contribution is 0.102. The Kier molecular flexibility index (Phi) is 4.01. The topological polar surface area (TPSA) is 55.1 Å². The molecule has 1 N–H and O–H groups in total. The quantitative estimate of drug-likeness (QED) is 0.785. The van der Waals surface area contributed by atoms with E-state index in [2.05, 4.69) is 29.5 Å². The lowest BCUT2D eigenvalue weighted by Gasteiger charge is -2.00. The van der Waals surface area contributed by atoms with Gasteiger partial charge >= 0.3 is 0 Å². The number of benzene rings is 2. The number of nitrogens with one attached hydrogen (secondary N) is 1. The van der Waals surface area contributed by atoms with Crippen molar-refractivity contribution in [1.82, 2.24) is 5.16 Å². The van der Waals surface area contributed by atoms with E-state index in [1.807, 2.05) is 30.3 Å². The van der Waals surface area contributed by atoms with E-state index in [0.717, 1.165) is 12.0 Å². The van der Waals surface area contributed by atoms with Gasteiger partial charge in [-0.05, 0) is 24.1 Å². The van der Waals surface area contributed by atoms with Gasteiger partial charge in [0.1, 0.15) is 5.69 Å². The van der Waals surface area contributed by atoms with Crippen molar-refractivity contribution in [2.45, 2.75) is 13.3 Å². The Morgan fingerprint density at radius 1 is 1.09 bits per heavy atom. The summed E-state index contributed by atoms with van der Waals surface area (Å²) in [4.78, 5) is 12.0. The molecule has 0 atom stereocenters. The molecule has 1 aromatic heterocycles. The number of aromatic nitrogens is 1. The number of hydrogen-bond donors (Lipinski definition) is 1. The van der Waals surface area contributed by atoms with E-state index < -0.39 is 0 Å². The summed E-state index contributed by atoms with van der Waals surface area (Å²) in [5.74, 6) is 0.119. The number of amides is 1. The maximum Gasteiger partial charge on any atom is 0.258 e. The predicted molar refractivity (Wildman–Crippen MR) is 85.7 cm³/mol. The minimum absolute atomic E-state index is 0.218. The van der Waals surface area contributed by atoms with E-state index in [4.69, 9.17) is 4.52 Å². The molecule has 0 spiro atoms. The summed E-state index contributed by atoms with van der Waals surface area (Å²) in [7, 11) is 0. The van der Waals surface area contributed by atoms with Crippen molar-refractivity contribution in [3.05, 3.63) is 71.8 Å². The highest BCUT2D eigenvalue weighted by Gasteiger charge is 2.10. The molecule has 3 rings (SSSR count). The summed E-state index contributed by atoms with van der Waals surface area (Å²) in [6.07, 6.45) is 0.997. The van der Waals surface area contributed by atoms with E-state index >= 15 is 0 Å². The number of anilines is 1. The molecule has 0 aliphatic rings. The van der Waals surface area contributed by atoms with Gasteiger partial charge in [-0.25, -0.2) is 0 Å². The minimum Gasteiger partial charge on any atom is -0.338 e. The van der Waals surface area contributed by atoms with Gasteiger partial charge in [-0.15, -0.1) is 0 Å². The van der Waals surface area contributed by atoms with Crippen LogP contribution < -0.4 is 5.32 Å². The van der Waals surface area contributed by atoms with E-state index in [1.165, 1.54) is 5.56 Å². The molecule has 1 heterocycles. The Hall–Kier alpha value is -2.88. The van der Waals surface area contributed by atoms with Crippen LogP contribution in [0.2, 0.25) is 0 Å². The van der Waals surface area contributed by atoms with Crippen molar-refractivity contribution in [3.8, 4) is 11.3 Å². The second-order valence-electron chi connectivity index (χ2n) is 4.95. The minimum atomic E-state index is -0.218. The molecular formula is C18H16N2O2. The Balaban J connectivity index is 1.74. The molecular weight excluding hydrogens is 276 g/mol. The van der Waals surface area contributed by atoms with Crippen LogP contribution in [0.1, 0.15) is 22.8 Å². The van der Waals surface area contributed by atoms with Crippen LogP contribution in [0.15, 0.2) is 65.2 Å². The zero-order valence-corrected chi connectivity index (χ0v) is 12.2. The molecule has 3 aromatic rings. The molecule has 0 unspecified atom stereocenters. The van der Waals surface area contributed by atoms with Gasteiger partial charge in [0, 0.05) is 17.2 Å². The summed E-state index contributed by atoms with van der Waals surface area (Å²) in [5.41, 5.74) is 3.50. The number of carbonyl (C=O) groups excluding carboxylic acids is 1. The first kappa shape index (κ1) is 14.1. The number of hydrogen-bond acceptors (Lipinski definition) is 3. The third kappa shape index (κ3) is 3.06. The molecule has 22 heavy (non-hydrogen) atoms. The SMILES string of the molecule is CCc1ccc(-c2cc(NC(=O)c3ccccc3)on2)cc1. The standard InChI is InChI=1S/C18H16N2O2/c1-2-13-8-10-14(11-9-13)16-12-17(22-20-16)19-18(21)15-6-4-3-5-7-15/h3-12H,2H2,1H3,(H,19,21). The first-order valence-corrected chi connectivity index (χ1v) is 7.18. The Morgan fingerprint density at radius 3 is 2.50 bits per heavy atom. The fraction of sp³-hybridized carbons (Fsp3) is 0.111. The van der Waals surface area contributed by atoms with E-state index in [9.17, 15) is 4.79 Å². The van der Waals surface area contributed by atoms with Gasteiger partial charge in [0.15, 0.2) is 0 Å². The van der Waals surface area contributed by atoms with Gasteiger partial charge in [-0.1, -0.05) is 54.5 Å². The number of rotatable bonds is 4. The van der Waals surface area contributed by atoms with Crippen LogP contribution >= 0.6 is 0 Å². The highest BCUT2D eigenvalue weighted by molar-refractivity contribution is 6.03. The third-order valence-corrected chi connectivity index (χ3v) is 3.44. The van der Waals surface area contributed by atoms with Crippen LogP contribution in [0.25, 0.3) is 11.3 Å². The fourth-order valence-corrected chi connectivity index (χ4v) is 2.15. The Labute approximate surface area is 128 Å². The van der Waals surface area contributed by atoms with Crippen molar-refractivity contribution in [2.24, 2.45) is 0 Å². The van der Waals surface area contributed by atoms with Gasteiger partial charge in [-0.3, -0.25) is 10.1 Å². The summed E-state index contributed by atoms with van der Waals surface area (Å²) in [6.45, 7) is 2.11. The summed E-state index contributed by atoms with van der Waals surface area (Å²) in [6, 6.07) is 18.8. The van der Waals surface area contributed by atoms with Gasteiger partial charge in [0.2, 0.25) is 5.88 Å². The van der Waals surface area contributed by atoms with Crippen molar-refractivity contribution >= 4 is 11.8 Å². The zero-order valence-electron chi connectivity index (χ0n) is 12.2. The highest BCUT2D eigenvalue weighted by Crippen LogP contribution is 2.22. The van der Waals surface area contributed by atoms with Gasteiger partial charge in [-0.2, -0.15) is 0 Å². The average molecular weight is 292 g/mol. The molecule has 0 aliphatic carbocycles. The molecule has 0 fully saturated rings. The van der Waals surface area contributed by atoms with Crippen molar-refractivity contribution in [2.75, 3.05) is 5.32 Å². The zero-order chi connectivity index (χ0) is 15.4. The second-order valence-corrected chi connectivity index (χ2v) is 4.95. The van der Waals surface area contributed by atoms with Crippen LogP contribution in [0.4, 0.5) is 5.88 Å². The first-order chi connectivity index (χ1) is 10.8. The molecule has 0 bridgehead atoms. The Morgan fingerprint density at radius 2 is 1.82 bits per heavy atom. The van der Waals surface area contributed by atoms with Gasteiger partial charge < -0.3 is 4.52 Å². The van der Waals surface area contributed by atoms with Crippen molar-refractivity contribution in [1.29, 1.82) is 0 Å². The fourth-order valence-electron chi connectivity index (χ4n) is 2.15. The summed E-state index contributed by atoms with van der Waals surface area (Å²) in [5, 5.41) is 6.70. The maximum absolute atomic E-state index is 12.0. The molecule has 0 saturated heterocycles. The highest BCUT2D eigenvalue weighted by atomic mass is 16.5. The summed E-state index contributed by atoms with van der Waals surface area (Å²) < 4.78 is 5.19. The van der Waals surface area contributed by atoms with Crippen LogP contribution in [0, 0.1) is 0 Å². The second kappa shape index (κ2) is 6.26. The largest absolute Gasteiger partial charge is 0.338 e. The molecule has 4 nitrogen and oxygen atoms in total. The molecule has 0 saturated carbocycles. The van der Waals surface area contributed by atoms with Crippen LogP contribution in [-0.2, 0) is 6.42 Å². The lowest BCUT2D eigenvalue weighted by atomic mass is 10.1. The molecule has 4 heteroatoms. The molecule has 0 radical (unpaired) electrons. The first-order valence-electron chi connectivity index (χ1n) is 7.18. The predicted octanol–water partition coefficient (Wildman–Crippen LogP) is 4.16. The lowest BCUT2D eigenvalue weighted by Crippen LogP contribution is -2.10. The maximum atomic E-state index is 12.0. The monoisotopic (exact) mass is 292 g/mol. The molecule has 110 valence electrons. The third-order valence-electron chi connectivity index (χ3n) is 3.44.